The molecule has 1 heterocycles. The van der Waals surface area contributed by atoms with Gasteiger partial charge in [-0.15, -0.1) is 5.10 Å². The number of ether oxygens (including phenoxy) is 1. The van der Waals surface area contributed by atoms with E-state index in [4.69, 9.17) is 4.74 Å². The van der Waals surface area contributed by atoms with Crippen LogP contribution in [0, 0.1) is 0 Å². The molecule has 0 spiro atoms. The number of carbonyl (C=O) groups excluding carboxylic acids is 1. The number of hydrogen-bond acceptors (Lipinski definition) is 7. The van der Waals surface area contributed by atoms with Gasteiger partial charge in [-0.2, -0.15) is 0 Å². The number of nitrogens with one attached hydrogen (secondary N) is 1. The largest absolute Gasteiger partial charge is 0.494 e. The molecule has 100 valence electrons. The van der Waals surface area contributed by atoms with Crippen molar-refractivity contribution in [3.63, 3.8) is 0 Å². The van der Waals surface area contributed by atoms with Crippen LogP contribution in [0.3, 0.4) is 0 Å². The van der Waals surface area contributed by atoms with Crippen molar-refractivity contribution in [3.8, 4) is 5.75 Å². The smallest absolute Gasteiger partial charge is 0.234 e. The van der Waals surface area contributed by atoms with Crippen LogP contribution >= 0.6 is 23.3 Å². The van der Waals surface area contributed by atoms with E-state index in [1.54, 1.807) is 12.1 Å². The minimum Gasteiger partial charge on any atom is -0.494 e. The summed E-state index contributed by atoms with van der Waals surface area (Å²) in [4.78, 5) is 11.7. The van der Waals surface area contributed by atoms with E-state index < -0.39 is 0 Å². The van der Waals surface area contributed by atoms with Crippen LogP contribution in [0.15, 0.2) is 28.6 Å². The van der Waals surface area contributed by atoms with Crippen LogP contribution in [0.4, 0.5) is 5.69 Å². The van der Waals surface area contributed by atoms with Crippen LogP contribution in [-0.4, -0.2) is 33.1 Å². The van der Waals surface area contributed by atoms with Gasteiger partial charge in [0, 0.05) is 17.2 Å². The first-order valence-corrected chi connectivity index (χ1v) is 7.34. The van der Waals surface area contributed by atoms with Gasteiger partial charge in [0.25, 0.3) is 0 Å². The molecule has 0 aliphatic heterocycles. The summed E-state index contributed by atoms with van der Waals surface area (Å²) in [5.74, 6) is 0.976. The fraction of sp³-hybridized carbons (Fsp3) is 0.273. The summed E-state index contributed by atoms with van der Waals surface area (Å²) in [7, 11) is 0. The Morgan fingerprint density at radius 2 is 2.21 bits per heavy atom. The first-order valence-electron chi connectivity index (χ1n) is 5.58. The van der Waals surface area contributed by atoms with Crippen molar-refractivity contribution >= 4 is 34.9 Å². The molecule has 0 saturated heterocycles. The van der Waals surface area contributed by atoms with Crippen molar-refractivity contribution in [1.82, 2.24) is 14.8 Å². The van der Waals surface area contributed by atoms with E-state index in [0.717, 1.165) is 11.4 Å². The third-order valence-electron chi connectivity index (χ3n) is 2.06. The second-order valence-corrected chi connectivity index (χ2v) is 5.38. The van der Waals surface area contributed by atoms with Gasteiger partial charge in [0.1, 0.15) is 5.75 Å². The summed E-state index contributed by atoms with van der Waals surface area (Å²) < 4.78 is 9.63. The zero-order valence-corrected chi connectivity index (χ0v) is 11.8. The lowest BCUT2D eigenvalue weighted by molar-refractivity contribution is -0.113. The second kappa shape index (κ2) is 7.05. The van der Waals surface area contributed by atoms with Crippen molar-refractivity contribution in [2.24, 2.45) is 0 Å². The third-order valence-corrected chi connectivity index (χ3v) is 3.76. The Bertz CT molecular complexity index is 516. The Kier molecular flexibility index (Phi) is 5.10. The first kappa shape index (κ1) is 13.8. The van der Waals surface area contributed by atoms with Gasteiger partial charge in [-0.3, -0.25) is 4.79 Å². The molecule has 0 aliphatic rings. The van der Waals surface area contributed by atoms with Gasteiger partial charge in [-0.05, 0) is 36.4 Å². The van der Waals surface area contributed by atoms with Gasteiger partial charge in [-0.1, -0.05) is 16.3 Å². The Balaban J connectivity index is 1.81. The van der Waals surface area contributed by atoms with Gasteiger partial charge in [0.05, 0.1) is 12.4 Å². The van der Waals surface area contributed by atoms with Crippen molar-refractivity contribution in [2.45, 2.75) is 11.3 Å². The molecule has 1 N–H and O–H groups in total. The number of thioether (sulfide) groups is 1. The Morgan fingerprint density at radius 1 is 1.42 bits per heavy atom. The molecule has 6 nitrogen and oxygen atoms in total. The highest BCUT2D eigenvalue weighted by Crippen LogP contribution is 2.19. The number of nitrogens with zero attached hydrogens (tertiary/aromatic N) is 3. The van der Waals surface area contributed by atoms with E-state index in [-0.39, 0.29) is 11.7 Å². The lowest BCUT2D eigenvalue weighted by Gasteiger charge is -2.06. The van der Waals surface area contributed by atoms with Crippen molar-refractivity contribution in [1.29, 1.82) is 0 Å². The summed E-state index contributed by atoms with van der Waals surface area (Å²) in [5, 5.41) is 10.0. The maximum Gasteiger partial charge on any atom is 0.234 e. The predicted molar refractivity (Wildman–Crippen MR) is 74.7 cm³/mol. The molecule has 0 saturated carbocycles. The molecule has 1 aromatic heterocycles. The SMILES string of the molecule is CCOc1ccc(NC(=O)CSc2nnns2)cc1. The highest BCUT2D eigenvalue weighted by molar-refractivity contribution is 8.01. The zero-order chi connectivity index (χ0) is 13.5. The lowest BCUT2D eigenvalue weighted by atomic mass is 10.3. The summed E-state index contributed by atoms with van der Waals surface area (Å²) in [5.41, 5.74) is 0.740. The lowest BCUT2D eigenvalue weighted by Crippen LogP contribution is -2.13. The maximum absolute atomic E-state index is 11.7. The van der Waals surface area contributed by atoms with Crippen LogP contribution in [0.25, 0.3) is 0 Å². The molecule has 19 heavy (non-hydrogen) atoms. The van der Waals surface area contributed by atoms with Crippen LogP contribution in [0.1, 0.15) is 6.92 Å². The van der Waals surface area contributed by atoms with E-state index in [1.165, 1.54) is 23.3 Å². The molecule has 0 radical (unpaired) electrons. The summed E-state index contributed by atoms with van der Waals surface area (Å²) in [6.45, 7) is 2.55. The number of aromatic nitrogens is 3. The van der Waals surface area contributed by atoms with Crippen LogP contribution in [0.2, 0.25) is 0 Å². The van der Waals surface area contributed by atoms with E-state index in [2.05, 4.69) is 20.1 Å². The summed E-state index contributed by atoms with van der Waals surface area (Å²) >= 11 is 2.48. The van der Waals surface area contributed by atoms with Gasteiger partial charge < -0.3 is 10.1 Å². The number of amides is 1. The molecule has 1 aromatic carbocycles. The summed E-state index contributed by atoms with van der Waals surface area (Å²) in [6, 6.07) is 7.25. The highest BCUT2D eigenvalue weighted by Gasteiger charge is 2.06. The molecule has 0 atom stereocenters. The van der Waals surface area contributed by atoms with Crippen LogP contribution < -0.4 is 10.1 Å². The number of hydrogen-bond donors (Lipinski definition) is 1. The fourth-order valence-electron chi connectivity index (χ4n) is 1.31. The van der Waals surface area contributed by atoms with Crippen molar-refractivity contribution in [3.05, 3.63) is 24.3 Å². The van der Waals surface area contributed by atoms with Crippen molar-refractivity contribution < 1.29 is 9.53 Å². The van der Waals surface area contributed by atoms with Gasteiger partial charge >= 0.3 is 0 Å². The Hall–Kier alpha value is -1.67. The average Bonchev–Trinajstić information content (AvgIpc) is 2.92. The topological polar surface area (TPSA) is 77.0 Å². The zero-order valence-electron chi connectivity index (χ0n) is 10.2. The molecule has 1 amide bonds. The van der Waals surface area contributed by atoms with Crippen LogP contribution in [0.5, 0.6) is 5.75 Å². The average molecular weight is 296 g/mol. The van der Waals surface area contributed by atoms with E-state index >= 15 is 0 Å². The van der Waals surface area contributed by atoms with Crippen LogP contribution in [-0.2, 0) is 4.79 Å². The maximum atomic E-state index is 11.7. The minimum atomic E-state index is -0.0932. The predicted octanol–water partition coefficient (Wildman–Crippen LogP) is 2.06. The molecular formula is C11H12N4O2S2. The van der Waals surface area contributed by atoms with Gasteiger partial charge in [0.15, 0.2) is 4.34 Å². The number of benzene rings is 1. The quantitative estimate of drug-likeness (QED) is 0.822. The fourth-order valence-corrected chi connectivity index (χ4v) is 2.43. The third kappa shape index (κ3) is 4.49. The van der Waals surface area contributed by atoms with E-state index in [9.17, 15) is 4.79 Å². The van der Waals surface area contributed by atoms with E-state index in [0.29, 0.717) is 10.9 Å². The molecule has 0 unspecified atom stereocenters. The molecule has 0 aliphatic carbocycles. The Morgan fingerprint density at radius 3 is 2.84 bits per heavy atom. The van der Waals surface area contributed by atoms with Gasteiger partial charge in [0.2, 0.25) is 5.91 Å². The summed E-state index contributed by atoms with van der Waals surface area (Å²) in [6.07, 6.45) is 0. The second-order valence-electron chi connectivity index (χ2n) is 3.42. The number of rotatable bonds is 6. The molecular weight excluding hydrogens is 284 g/mol. The van der Waals surface area contributed by atoms with Gasteiger partial charge in [-0.25, -0.2) is 0 Å². The van der Waals surface area contributed by atoms with E-state index in [1.807, 2.05) is 19.1 Å². The number of carbonyl (C=O) groups is 1. The minimum absolute atomic E-state index is 0.0932. The van der Waals surface area contributed by atoms with Crippen molar-refractivity contribution in [2.75, 3.05) is 17.7 Å². The molecule has 0 fully saturated rings. The molecule has 2 rings (SSSR count). The standard InChI is InChI=1S/C11H12N4O2S2/c1-2-17-9-5-3-8(4-6-9)12-10(16)7-18-11-13-14-15-19-11/h3-6H,2,7H2,1H3,(H,12,16). The monoisotopic (exact) mass is 296 g/mol. The normalized spacial score (nSPS) is 10.2. The first-order chi connectivity index (χ1) is 9.28. The number of anilines is 1. The highest BCUT2D eigenvalue weighted by atomic mass is 32.2. The molecule has 2 aromatic rings. The molecule has 8 heteroatoms. The molecule has 0 bridgehead atoms. The Labute approximate surface area is 118 Å².